The van der Waals surface area contributed by atoms with Gasteiger partial charge in [-0.15, -0.1) is 0 Å². The molecule has 0 aliphatic carbocycles. The Morgan fingerprint density at radius 2 is 1.91 bits per heavy atom. The largest absolute Gasteiger partial charge is 0.462 e. The van der Waals surface area contributed by atoms with Gasteiger partial charge in [-0.3, -0.25) is 4.90 Å². The van der Waals surface area contributed by atoms with Crippen molar-refractivity contribution >= 4 is 6.09 Å². The molecule has 0 radical (unpaired) electrons. The monoisotopic (exact) mass is 315 g/mol. The molecule has 1 N–H and O–H groups in total. The van der Waals surface area contributed by atoms with Crippen LogP contribution in [-0.4, -0.2) is 22.6 Å². The molecule has 2 aromatic rings. The van der Waals surface area contributed by atoms with E-state index in [1.54, 1.807) is 12.1 Å². The van der Waals surface area contributed by atoms with Crippen LogP contribution in [0.4, 0.5) is 4.79 Å². The summed E-state index contributed by atoms with van der Waals surface area (Å²) in [4.78, 5) is 13.8. The van der Waals surface area contributed by atoms with Gasteiger partial charge in [0.15, 0.2) is 0 Å². The first-order chi connectivity index (χ1) is 11.1. The third-order valence-electron chi connectivity index (χ3n) is 3.14. The summed E-state index contributed by atoms with van der Waals surface area (Å²) in [6.45, 7) is 6.37. The molecule has 0 saturated carbocycles. The molecule has 122 valence electrons. The van der Waals surface area contributed by atoms with Crippen molar-refractivity contribution in [3.05, 3.63) is 71.7 Å². The van der Waals surface area contributed by atoms with Gasteiger partial charge < -0.3 is 14.3 Å². The van der Waals surface area contributed by atoms with Gasteiger partial charge in [0.25, 0.3) is 0 Å². The number of amides is 1. The van der Waals surface area contributed by atoms with Crippen LogP contribution in [0, 0.1) is 0 Å². The summed E-state index contributed by atoms with van der Waals surface area (Å²) in [5, 5.41) is 9.04. The lowest BCUT2D eigenvalue weighted by Crippen LogP contribution is -2.32. The number of benzene rings is 1. The predicted molar refractivity (Wildman–Crippen MR) is 86.5 cm³/mol. The van der Waals surface area contributed by atoms with Crippen molar-refractivity contribution in [1.82, 2.24) is 4.90 Å². The fraction of sp³-hybridized carbons (Fsp3) is 0.278. The smallest absolute Gasteiger partial charge is 0.410 e. The molecule has 0 unspecified atom stereocenters. The molecule has 1 amide bonds. The van der Waals surface area contributed by atoms with Crippen LogP contribution in [0.1, 0.15) is 24.0 Å². The standard InChI is InChI=1S/C18H21NO4/c1-14(2)10-19(11-16-8-9-17(12-20)23-16)18(21)22-13-15-6-4-3-5-7-15/h3-9,20H,1,10-13H2,2H3. The van der Waals surface area contributed by atoms with Crippen LogP contribution in [-0.2, 0) is 24.5 Å². The number of hydrogen-bond acceptors (Lipinski definition) is 4. The van der Waals surface area contributed by atoms with Gasteiger partial charge in [-0.2, -0.15) is 0 Å². The zero-order valence-corrected chi connectivity index (χ0v) is 13.2. The second-order valence-corrected chi connectivity index (χ2v) is 5.38. The van der Waals surface area contributed by atoms with Gasteiger partial charge in [0.2, 0.25) is 0 Å². The number of furan rings is 1. The van der Waals surface area contributed by atoms with E-state index >= 15 is 0 Å². The van der Waals surface area contributed by atoms with Gasteiger partial charge in [-0.25, -0.2) is 4.79 Å². The Balaban J connectivity index is 1.98. The van der Waals surface area contributed by atoms with Crippen LogP contribution in [0.5, 0.6) is 0 Å². The number of carbonyl (C=O) groups excluding carboxylic acids is 1. The molecule has 1 aromatic heterocycles. The Hall–Kier alpha value is -2.53. The number of aliphatic hydroxyl groups excluding tert-OH is 1. The lowest BCUT2D eigenvalue weighted by Gasteiger charge is -2.21. The van der Waals surface area contributed by atoms with E-state index in [0.29, 0.717) is 18.1 Å². The van der Waals surface area contributed by atoms with Gasteiger partial charge in [0.1, 0.15) is 24.7 Å². The summed E-state index contributed by atoms with van der Waals surface area (Å²) in [6.07, 6.45) is -0.432. The van der Waals surface area contributed by atoms with Gasteiger partial charge in [-0.1, -0.05) is 42.5 Å². The normalized spacial score (nSPS) is 10.3. The Morgan fingerprint density at radius 3 is 2.52 bits per heavy atom. The molecule has 1 heterocycles. The molecule has 0 bridgehead atoms. The van der Waals surface area contributed by atoms with E-state index in [9.17, 15) is 4.79 Å². The molecule has 0 atom stereocenters. The summed E-state index contributed by atoms with van der Waals surface area (Å²) >= 11 is 0. The Kier molecular flexibility index (Phi) is 6.00. The highest BCUT2D eigenvalue weighted by Gasteiger charge is 2.17. The molecule has 0 fully saturated rings. The number of hydrogen-bond donors (Lipinski definition) is 1. The minimum Gasteiger partial charge on any atom is -0.462 e. The van der Waals surface area contributed by atoms with Gasteiger partial charge in [-0.05, 0) is 24.6 Å². The van der Waals surface area contributed by atoms with Crippen LogP contribution in [0.25, 0.3) is 0 Å². The summed E-state index contributed by atoms with van der Waals surface area (Å²) in [7, 11) is 0. The van der Waals surface area contributed by atoms with Gasteiger partial charge in [0, 0.05) is 6.54 Å². The zero-order valence-electron chi connectivity index (χ0n) is 13.2. The maximum absolute atomic E-state index is 12.3. The minimum absolute atomic E-state index is 0.168. The second kappa shape index (κ2) is 8.19. The first kappa shape index (κ1) is 16.8. The third kappa shape index (κ3) is 5.30. The molecule has 1 aromatic carbocycles. The fourth-order valence-electron chi connectivity index (χ4n) is 2.10. The SMILES string of the molecule is C=C(C)CN(Cc1ccc(CO)o1)C(=O)OCc1ccccc1. The van der Waals surface area contributed by atoms with Crippen molar-refractivity contribution < 1.29 is 19.1 Å². The molecule has 5 heteroatoms. The average molecular weight is 315 g/mol. The van der Waals surface area contributed by atoms with E-state index < -0.39 is 6.09 Å². The second-order valence-electron chi connectivity index (χ2n) is 5.38. The van der Waals surface area contributed by atoms with Crippen LogP contribution in [0.15, 0.2) is 59.0 Å². The van der Waals surface area contributed by atoms with Crippen molar-refractivity contribution in [2.24, 2.45) is 0 Å². The summed E-state index contributed by atoms with van der Waals surface area (Å²) < 4.78 is 10.8. The van der Waals surface area contributed by atoms with Crippen LogP contribution < -0.4 is 0 Å². The topological polar surface area (TPSA) is 62.9 Å². The molecular weight excluding hydrogens is 294 g/mol. The first-order valence-electron chi connectivity index (χ1n) is 7.37. The predicted octanol–water partition coefficient (Wildman–Crippen LogP) is 3.49. The summed E-state index contributed by atoms with van der Waals surface area (Å²) in [6, 6.07) is 12.9. The number of nitrogens with zero attached hydrogens (tertiary/aromatic N) is 1. The summed E-state index contributed by atoms with van der Waals surface area (Å²) in [5.74, 6) is 1.06. The molecule has 0 saturated heterocycles. The van der Waals surface area contributed by atoms with Crippen molar-refractivity contribution in [2.45, 2.75) is 26.7 Å². The van der Waals surface area contributed by atoms with Crippen molar-refractivity contribution in [3.8, 4) is 0 Å². The van der Waals surface area contributed by atoms with Crippen molar-refractivity contribution in [1.29, 1.82) is 0 Å². The molecule has 2 rings (SSSR count). The number of ether oxygens (including phenoxy) is 1. The Morgan fingerprint density at radius 1 is 1.22 bits per heavy atom. The van der Waals surface area contributed by atoms with Crippen molar-refractivity contribution in [3.63, 3.8) is 0 Å². The van der Waals surface area contributed by atoms with E-state index in [4.69, 9.17) is 14.3 Å². The highest BCUT2D eigenvalue weighted by atomic mass is 16.6. The quantitative estimate of drug-likeness (QED) is 0.795. The fourth-order valence-corrected chi connectivity index (χ4v) is 2.10. The highest BCUT2D eigenvalue weighted by molar-refractivity contribution is 5.68. The van der Waals surface area contributed by atoms with E-state index in [-0.39, 0.29) is 19.8 Å². The Bertz CT molecular complexity index is 648. The zero-order chi connectivity index (χ0) is 16.7. The minimum atomic E-state index is -0.432. The lowest BCUT2D eigenvalue weighted by atomic mass is 10.2. The summed E-state index contributed by atoms with van der Waals surface area (Å²) in [5.41, 5.74) is 1.77. The highest BCUT2D eigenvalue weighted by Crippen LogP contribution is 2.13. The first-order valence-corrected chi connectivity index (χ1v) is 7.37. The maximum atomic E-state index is 12.3. The lowest BCUT2D eigenvalue weighted by molar-refractivity contribution is 0.0941. The van der Waals surface area contributed by atoms with Gasteiger partial charge in [0.05, 0.1) is 6.54 Å². The van der Waals surface area contributed by atoms with Crippen LogP contribution >= 0.6 is 0 Å². The van der Waals surface area contributed by atoms with Crippen LogP contribution in [0.3, 0.4) is 0 Å². The molecule has 23 heavy (non-hydrogen) atoms. The van der Waals surface area contributed by atoms with Gasteiger partial charge >= 0.3 is 6.09 Å². The third-order valence-corrected chi connectivity index (χ3v) is 3.14. The van der Waals surface area contributed by atoms with Crippen molar-refractivity contribution in [2.75, 3.05) is 6.54 Å². The molecule has 0 aliphatic rings. The van der Waals surface area contributed by atoms with E-state index in [1.807, 2.05) is 37.3 Å². The van der Waals surface area contributed by atoms with E-state index in [2.05, 4.69) is 6.58 Å². The average Bonchev–Trinajstić information content (AvgIpc) is 3.00. The van der Waals surface area contributed by atoms with E-state index in [1.165, 1.54) is 4.90 Å². The van der Waals surface area contributed by atoms with Crippen LogP contribution in [0.2, 0.25) is 0 Å². The molecule has 0 aliphatic heterocycles. The Labute approximate surface area is 135 Å². The number of carbonyl (C=O) groups is 1. The molecule has 0 spiro atoms. The molecule has 5 nitrogen and oxygen atoms in total. The number of aliphatic hydroxyl groups is 1. The van der Waals surface area contributed by atoms with E-state index in [0.717, 1.165) is 11.1 Å². The molecular formula is C18H21NO4. The maximum Gasteiger partial charge on any atom is 0.410 e. The number of rotatable bonds is 7.